The second-order valence-electron chi connectivity index (χ2n) is 3.22. The van der Waals surface area contributed by atoms with Gasteiger partial charge in [-0.1, -0.05) is 6.92 Å². The van der Waals surface area contributed by atoms with Crippen LogP contribution < -0.4 is 5.32 Å². The summed E-state index contributed by atoms with van der Waals surface area (Å²) in [5.41, 5.74) is 0. The summed E-state index contributed by atoms with van der Waals surface area (Å²) in [4.78, 5) is 22.1. The van der Waals surface area contributed by atoms with Crippen LogP contribution in [0.2, 0.25) is 0 Å². The van der Waals surface area contributed by atoms with Gasteiger partial charge in [0.25, 0.3) is 11.8 Å². The molecule has 88 valence electrons. The molecule has 0 saturated carbocycles. The smallest absolute Gasteiger partial charge is 0.250 e. The van der Waals surface area contributed by atoms with E-state index in [0.717, 1.165) is 12.3 Å². The molecule has 15 heavy (non-hydrogen) atoms. The normalized spacial score (nSPS) is 12.7. The Hall–Kier alpha value is -0.870. The lowest BCUT2D eigenvalue weighted by atomic mass is 10.6. The highest BCUT2D eigenvalue weighted by molar-refractivity contribution is 6.17. The zero-order valence-electron chi connectivity index (χ0n) is 9.71. The third-order valence-corrected chi connectivity index (χ3v) is 1.20. The van der Waals surface area contributed by atoms with Crippen LogP contribution in [-0.2, 0) is 9.59 Å². The average molecular weight is 235 g/mol. The molecule has 1 heterocycles. The molecule has 0 bridgehead atoms. The molecule has 2 amide bonds. The van der Waals surface area contributed by atoms with Crippen molar-refractivity contribution in [3.63, 3.8) is 0 Å². The van der Waals surface area contributed by atoms with E-state index in [2.05, 4.69) is 0 Å². The molecule has 0 aliphatic carbocycles. The van der Waals surface area contributed by atoms with E-state index in [1.54, 1.807) is 0 Å². The van der Waals surface area contributed by atoms with E-state index < -0.39 is 0 Å². The molecule has 0 aromatic carbocycles. The second kappa shape index (κ2) is 11.2. The van der Waals surface area contributed by atoms with Gasteiger partial charge in [-0.15, -0.1) is 11.6 Å². The largest absolute Gasteiger partial charge is 0.312 e. The number of hydrogen-bond donors (Lipinski definition) is 1. The van der Waals surface area contributed by atoms with Gasteiger partial charge in [0.1, 0.15) is 0 Å². The van der Waals surface area contributed by atoms with Gasteiger partial charge in [-0.2, -0.15) is 0 Å². The van der Waals surface area contributed by atoms with Gasteiger partial charge in [0.15, 0.2) is 0 Å². The van der Waals surface area contributed by atoms with E-state index in [4.69, 9.17) is 11.6 Å². The lowest BCUT2D eigenvalue weighted by molar-refractivity contribution is -0.123. The lowest BCUT2D eigenvalue weighted by Crippen LogP contribution is -2.19. The first kappa shape index (κ1) is 16.6. The van der Waals surface area contributed by atoms with Gasteiger partial charge in [0.05, 0.1) is 0 Å². The van der Waals surface area contributed by atoms with Gasteiger partial charge in [-0.05, 0) is 27.6 Å². The second-order valence-corrected chi connectivity index (χ2v) is 3.60. The Bertz CT molecular complexity index is 195. The van der Waals surface area contributed by atoms with E-state index >= 15 is 0 Å². The number of nitrogens with one attached hydrogen (secondary N) is 1. The molecule has 1 rings (SSSR count). The highest BCUT2D eigenvalue weighted by atomic mass is 35.5. The number of amides is 2. The average Bonchev–Trinajstić information content (AvgIpc) is 2.49. The fourth-order valence-corrected chi connectivity index (χ4v) is 0.356. The molecular formula is C10H19ClN2O2. The molecule has 5 heteroatoms. The van der Waals surface area contributed by atoms with Crippen molar-refractivity contribution < 1.29 is 9.59 Å². The molecule has 4 nitrogen and oxygen atoms in total. The van der Waals surface area contributed by atoms with E-state index in [1.165, 1.54) is 12.2 Å². The molecule has 0 fully saturated rings. The number of rotatable bonds is 1. The van der Waals surface area contributed by atoms with Crippen molar-refractivity contribution in [3.8, 4) is 0 Å². The molecule has 1 N–H and O–H groups in total. The summed E-state index contributed by atoms with van der Waals surface area (Å²) in [6.45, 7) is 2.05. The van der Waals surface area contributed by atoms with Crippen LogP contribution in [0.1, 0.15) is 13.3 Å². The van der Waals surface area contributed by atoms with Crippen molar-refractivity contribution >= 4 is 23.4 Å². The Labute approximate surface area is 96.3 Å². The molecule has 0 aromatic rings. The number of alkyl halides is 1. The van der Waals surface area contributed by atoms with E-state index in [9.17, 15) is 9.59 Å². The van der Waals surface area contributed by atoms with Crippen LogP contribution in [0.15, 0.2) is 12.2 Å². The first-order valence-electron chi connectivity index (χ1n) is 4.63. The fraction of sp³-hybridized carbons (Fsp3) is 0.600. The number of nitrogens with zero attached hydrogens (tertiary/aromatic N) is 1. The van der Waals surface area contributed by atoms with E-state index in [1.807, 2.05) is 38.3 Å². The molecule has 0 saturated heterocycles. The van der Waals surface area contributed by atoms with Crippen LogP contribution in [-0.4, -0.2) is 43.7 Å². The number of carbonyl (C=O) groups excluding carboxylic acids is 2. The summed E-state index contributed by atoms with van der Waals surface area (Å²) in [7, 11) is 6.00. The van der Waals surface area contributed by atoms with Crippen molar-refractivity contribution in [1.82, 2.24) is 10.2 Å². The molecule has 1 aliphatic heterocycles. The summed E-state index contributed by atoms with van der Waals surface area (Å²) in [6.07, 6.45) is 3.48. The maximum atomic E-state index is 10.0. The predicted octanol–water partition coefficient (Wildman–Crippen LogP) is 1.01. The van der Waals surface area contributed by atoms with Crippen molar-refractivity contribution in [3.05, 3.63) is 12.2 Å². The minimum atomic E-state index is -0.329. The SMILES string of the molecule is CCCCl.CN(C)C.O=C1C=CC(=O)N1. The number of halogens is 1. The highest BCUT2D eigenvalue weighted by Gasteiger charge is 2.06. The summed E-state index contributed by atoms with van der Waals surface area (Å²) < 4.78 is 0. The van der Waals surface area contributed by atoms with Gasteiger partial charge >= 0.3 is 0 Å². The van der Waals surface area contributed by atoms with Crippen molar-refractivity contribution in [2.45, 2.75) is 13.3 Å². The topological polar surface area (TPSA) is 49.4 Å². The van der Waals surface area contributed by atoms with Crippen molar-refractivity contribution in [1.29, 1.82) is 0 Å². The predicted molar refractivity (Wildman–Crippen MR) is 62.9 cm³/mol. The first-order valence-corrected chi connectivity index (χ1v) is 5.17. The van der Waals surface area contributed by atoms with Gasteiger partial charge < -0.3 is 4.90 Å². The molecule has 0 unspecified atom stereocenters. The number of carbonyl (C=O) groups is 2. The maximum Gasteiger partial charge on any atom is 0.250 e. The minimum absolute atomic E-state index is 0.329. The summed E-state index contributed by atoms with van der Waals surface area (Å²) in [5.74, 6) is 0.134. The van der Waals surface area contributed by atoms with Gasteiger partial charge in [-0.3, -0.25) is 14.9 Å². The van der Waals surface area contributed by atoms with Crippen molar-refractivity contribution in [2.75, 3.05) is 27.0 Å². The van der Waals surface area contributed by atoms with Gasteiger partial charge in [0, 0.05) is 18.0 Å². The molecular weight excluding hydrogens is 216 g/mol. The van der Waals surface area contributed by atoms with Crippen LogP contribution in [0.25, 0.3) is 0 Å². The van der Waals surface area contributed by atoms with Crippen LogP contribution >= 0.6 is 11.6 Å². The summed E-state index contributed by atoms with van der Waals surface area (Å²) >= 11 is 5.19. The minimum Gasteiger partial charge on any atom is -0.312 e. The molecule has 0 atom stereocenters. The monoisotopic (exact) mass is 234 g/mol. The zero-order chi connectivity index (χ0) is 12.3. The lowest BCUT2D eigenvalue weighted by Gasteiger charge is -1.90. The first-order chi connectivity index (χ1) is 6.93. The van der Waals surface area contributed by atoms with Crippen LogP contribution in [0, 0.1) is 0 Å². The molecule has 0 aromatic heterocycles. The van der Waals surface area contributed by atoms with E-state index in [-0.39, 0.29) is 11.8 Å². The van der Waals surface area contributed by atoms with Crippen LogP contribution in [0.4, 0.5) is 0 Å². The Morgan fingerprint density at radius 1 is 1.20 bits per heavy atom. The van der Waals surface area contributed by atoms with Crippen LogP contribution in [0.5, 0.6) is 0 Å². The fourth-order valence-electron chi connectivity index (χ4n) is 0.356. The number of imide groups is 1. The van der Waals surface area contributed by atoms with E-state index in [0.29, 0.717) is 0 Å². The van der Waals surface area contributed by atoms with Crippen molar-refractivity contribution in [2.24, 2.45) is 0 Å². The molecule has 1 aliphatic rings. The molecule has 0 spiro atoms. The maximum absolute atomic E-state index is 10.0. The highest BCUT2D eigenvalue weighted by Crippen LogP contribution is 1.82. The van der Waals surface area contributed by atoms with Gasteiger partial charge in [-0.25, -0.2) is 0 Å². The summed E-state index contributed by atoms with van der Waals surface area (Å²) in [5, 5.41) is 2.03. The van der Waals surface area contributed by atoms with Gasteiger partial charge in [0.2, 0.25) is 0 Å². The Morgan fingerprint density at radius 3 is 1.53 bits per heavy atom. The Morgan fingerprint density at radius 2 is 1.47 bits per heavy atom. The third kappa shape index (κ3) is 19.5. The Balaban J connectivity index is 0. The third-order valence-electron chi connectivity index (χ3n) is 0.821. The van der Waals surface area contributed by atoms with Crippen LogP contribution in [0.3, 0.4) is 0 Å². The quantitative estimate of drug-likeness (QED) is 0.544. The Kier molecular flexibility index (Phi) is 12.4. The molecule has 0 radical (unpaired) electrons. The number of hydrogen-bond acceptors (Lipinski definition) is 3. The zero-order valence-corrected chi connectivity index (χ0v) is 10.5. The standard InChI is InChI=1S/C4H3NO2.C3H7Cl.C3H9N/c6-3-1-2-4(7)5-3;1-2-3-4;1-4(2)3/h1-2H,(H,5,6,7);2-3H2,1H3;1-3H3. The summed E-state index contributed by atoms with van der Waals surface area (Å²) in [6, 6.07) is 0.